The van der Waals surface area contributed by atoms with E-state index in [0.717, 1.165) is 19.5 Å². The second-order valence-corrected chi connectivity index (χ2v) is 4.77. The van der Waals surface area contributed by atoms with Gasteiger partial charge in [0.25, 0.3) is 0 Å². The Balaban J connectivity index is 2.11. The quantitative estimate of drug-likeness (QED) is 0.651. The maximum atomic E-state index is 11.8. The first-order chi connectivity index (χ1) is 7.15. The molecule has 0 aliphatic heterocycles. The van der Waals surface area contributed by atoms with Gasteiger partial charge in [0.15, 0.2) is 0 Å². The average molecular weight is 212 g/mol. The zero-order valence-electron chi connectivity index (χ0n) is 10.3. The van der Waals surface area contributed by atoms with Crippen LogP contribution in [0.2, 0.25) is 0 Å². The molecule has 0 radical (unpaired) electrons. The van der Waals surface area contributed by atoms with Gasteiger partial charge in [-0.25, -0.2) is 0 Å². The maximum absolute atomic E-state index is 11.8. The molecule has 0 heterocycles. The van der Waals surface area contributed by atoms with Crippen LogP contribution in [-0.2, 0) is 4.79 Å². The number of carbonyl (C=O) groups excluding carboxylic acids is 1. The van der Waals surface area contributed by atoms with Crippen LogP contribution in [0.3, 0.4) is 0 Å². The summed E-state index contributed by atoms with van der Waals surface area (Å²) in [7, 11) is 0. The Labute approximate surface area is 93.2 Å². The summed E-state index contributed by atoms with van der Waals surface area (Å²) in [6.07, 6.45) is 3.54. The fourth-order valence-corrected chi connectivity index (χ4v) is 1.71. The van der Waals surface area contributed by atoms with E-state index in [2.05, 4.69) is 26.1 Å². The molecule has 0 aromatic heterocycles. The molecule has 3 nitrogen and oxygen atoms in total. The van der Waals surface area contributed by atoms with E-state index in [1.165, 1.54) is 12.8 Å². The molecule has 88 valence electrons. The summed E-state index contributed by atoms with van der Waals surface area (Å²) in [5, 5.41) is 3.22. The molecule has 0 bridgehead atoms. The molecule has 0 atom stereocenters. The fraction of sp³-hybridized carbons (Fsp3) is 0.917. The van der Waals surface area contributed by atoms with Crippen molar-refractivity contribution in [3.8, 4) is 0 Å². The zero-order chi connectivity index (χ0) is 11.3. The number of hydrogen-bond acceptors (Lipinski definition) is 2. The summed E-state index contributed by atoms with van der Waals surface area (Å²) >= 11 is 0. The topological polar surface area (TPSA) is 32.3 Å². The van der Waals surface area contributed by atoms with Gasteiger partial charge in [-0.05, 0) is 38.6 Å². The molecule has 1 rings (SSSR count). The molecule has 1 aliphatic carbocycles. The first-order valence-corrected chi connectivity index (χ1v) is 6.15. The first kappa shape index (κ1) is 12.5. The van der Waals surface area contributed by atoms with E-state index in [0.29, 0.717) is 18.5 Å². The van der Waals surface area contributed by atoms with Gasteiger partial charge < -0.3 is 10.2 Å². The molecular weight excluding hydrogens is 188 g/mol. The lowest BCUT2D eigenvalue weighted by molar-refractivity contribution is -0.130. The van der Waals surface area contributed by atoms with Crippen molar-refractivity contribution in [1.29, 1.82) is 0 Å². The van der Waals surface area contributed by atoms with Gasteiger partial charge >= 0.3 is 0 Å². The minimum absolute atomic E-state index is 0.267. The largest absolute Gasteiger partial charge is 0.339 e. The van der Waals surface area contributed by atoms with Gasteiger partial charge in [0.1, 0.15) is 0 Å². The number of carbonyl (C=O) groups is 1. The van der Waals surface area contributed by atoms with Crippen LogP contribution in [0.15, 0.2) is 0 Å². The average Bonchev–Trinajstić information content (AvgIpc) is 2.97. The van der Waals surface area contributed by atoms with Crippen molar-refractivity contribution < 1.29 is 4.79 Å². The van der Waals surface area contributed by atoms with Gasteiger partial charge in [-0.15, -0.1) is 0 Å². The van der Waals surface area contributed by atoms with Crippen molar-refractivity contribution in [2.45, 2.75) is 46.1 Å². The number of amides is 1. The molecule has 0 unspecified atom stereocenters. The minimum Gasteiger partial charge on any atom is -0.339 e. The first-order valence-electron chi connectivity index (χ1n) is 6.15. The summed E-state index contributed by atoms with van der Waals surface area (Å²) in [6, 6.07) is 0.550. The highest BCUT2D eigenvalue weighted by molar-refractivity contribution is 5.78. The number of likely N-dealkylation sites (N-methyl/N-ethyl adjacent to an activating group) is 1. The van der Waals surface area contributed by atoms with Crippen molar-refractivity contribution in [2.75, 3.05) is 19.6 Å². The highest BCUT2D eigenvalue weighted by atomic mass is 16.2. The summed E-state index contributed by atoms with van der Waals surface area (Å²) in [5.74, 6) is 0.974. The van der Waals surface area contributed by atoms with Gasteiger partial charge in [0.05, 0.1) is 6.54 Å². The third kappa shape index (κ3) is 4.65. The van der Waals surface area contributed by atoms with Crippen LogP contribution < -0.4 is 5.32 Å². The van der Waals surface area contributed by atoms with E-state index in [4.69, 9.17) is 0 Å². The Morgan fingerprint density at radius 3 is 2.60 bits per heavy atom. The normalized spacial score (nSPS) is 15.7. The zero-order valence-corrected chi connectivity index (χ0v) is 10.3. The van der Waals surface area contributed by atoms with Gasteiger partial charge in [-0.3, -0.25) is 4.79 Å². The van der Waals surface area contributed by atoms with Crippen LogP contribution in [0.25, 0.3) is 0 Å². The van der Waals surface area contributed by atoms with Crippen LogP contribution in [-0.4, -0.2) is 36.5 Å². The van der Waals surface area contributed by atoms with Gasteiger partial charge in [-0.1, -0.05) is 13.8 Å². The van der Waals surface area contributed by atoms with Crippen LogP contribution in [0.5, 0.6) is 0 Å². The Bertz CT molecular complexity index is 200. The lowest BCUT2D eigenvalue weighted by Gasteiger charge is -2.20. The molecule has 1 saturated carbocycles. The van der Waals surface area contributed by atoms with E-state index in [1.54, 1.807) is 0 Å². The van der Waals surface area contributed by atoms with Crippen molar-refractivity contribution in [3.63, 3.8) is 0 Å². The second kappa shape index (κ2) is 6.11. The van der Waals surface area contributed by atoms with Crippen LogP contribution >= 0.6 is 0 Å². The van der Waals surface area contributed by atoms with Gasteiger partial charge in [-0.2, -0.15) is 0 Å². The smallest absolute Gasteiger partial charge is 0.236 e. The summed E-state index contributed by atoms with van der Waals surface area (Å²) in [5.41, 5.74) is 0. The molecule has 0 aromatic carbocycles. The Morgan fingerprint density at radius 1 is 1.47 bits per heavy atom. The highest BCUT2D eigenvalue weighted by Crippen LogP contribution is 2.26. The summed E-state index contributed by atoms with van der Waals surface area (Å²) in [4.78, 5) is 13.8. The lowest BCUT2D eigenvalue weighted by atomic mass is 10.1. The number of nitrogens with zero attached hydrogens (tertiary/aromatic N) is 1. The molecule has 1 amide bonds. The highest BCUT2D eigenvalue weighted by Gasteiger charge is 2.30. The molecule has 1 N–H and O–H groups in total. The second-order valence-electron chi connectivity index (χ2n) is 4.77. The molecule has 15 heavy (non-hydrogen) atoms. The third-order valence-electron chi connectivity index (χ3n) is 2.82. The van der Waals surface area contributed by atoms with Crippen molar-refractivity contribution in [2.24, 2.45) is 5.92 Å². The molecule has 0 saturated heterocycles. The minimum atomic E-state index is 0.267. The third-order valence-corrected chi connectivity index (χ3v) is 2.82. The van der Waals surface area contributed by atoms with E-state index in [-0.39, 0.29) is 5.91 Å². The van der Waals surface area contributed by atoms with Crippen LogP contribution in [0, 0.1) is 5.92 Å². The van der Waals surface area contributed by atoms with Crippen molar-refractivity contribution in [3.05, 3.63) is 0 Å². The molecule has 0 spiro atoms. The monoisotopic (exact) mass is 212 g/mol. The molecule has 1 aliphatic rings. The van der Waals surface area contributed by atoms with E-state index in [9.17, 15) is 4.79 Å². The van der Waals surface area contributed by atoms with Crippen molar-refractivity contribution in [1.82, 2.24) is 10.2 Å². The molecule has 3 heteroatoms. The maximum Gasteiger partial charge on any atom is 0.236 e. The van der Waals surface area contributed by atoms with E-state index >= 15 is 0 Å². The van der Waals surface area contributed by atoms with E-state index < -0.39 is 0 Å². The predicted octanol–water partition coefficient (Wildman–Crippen LogP) is 1.63. The molecular formula is C12H24N2O. The van der Waals surface area contributed by atoms with Crippen molar-refractivity contribution >= 4 is 5.91 Å². The van der Waals surface area contributed by atoms with Crippen LogP contribution in [0.1, 0.15) is 40.0 Å². The van der Waals surface area contributed by atoms with Gasteiger partial charge in [0.2, 0.25) is 5.91 Å². The predicted molar refractivity (Wildman–Crippen MR) is 62.7 cm³/mol. The van der Waals surface area contributed by atoms with Crippen LogP contribution in [0.4, 0.5) is 0 Å². The number of rotatable bonds is 7. The van der Waals surface area contributed by atoms with Gasteiger partial charge in [0, 0.05) is 12.6 Å². The SMILES string of the molecule is CCN(C(=O)CNCCC(C)C)C1CC1. The Morgan fingerprint density at radius 2 is 2.13 bits per heavy atom. The summed E-state index contributed by atoms with van der Waals surface area (Å²) < 4.78 is 0. The number of hydrogen-bond donors (Lipinski definition) is 1. The molecule has 0 aromatic rings. The Kier molecular flexibility index (Phi) is 5.09. The Hall–Kier alpha value is -0.570. The summed E-state index contributed by atoms with van der Waals surface area (Å²) in [6.45, 7) is 8.78. The standard InChI is InChI=1S/C12H24N2O/c1-4-14(11-5-6-11)12(15)9-13-8-7-10(2)3/h10-11,13H,4-9H2,1-3H3. The lowest BCUT2D eigenvalue weighted by Crippen LogP contribution is -2.39. The number of nitrogens with one attached hydrogen (secondary N) is 1. The van der Waals surface area contributed by atoms with E-state index in [1.807, 2.05) is 4.90 Å². The fourth-order valence-electron chi connectivity index (χ4n) is 1.71. The molecule has 1 fully saturated rings.